The largest absolute Gasteiger partial charge is 0.465 e. The van der Waals surface area contributed by atoms with E-state index in [4.69, 9.17) is 18.9 Å². The zero-order chi connectivity index (χ0) is 35.9. The molecular weight excluding hydrogens is 644 g/mol. The summed E-state index contributed by atoms with van der Waals surface area (Å²) in [7, 11) is 0. The Labute approximate surface area is 292 Å². The Bertz CT molecular complexity index is 1380. The number of likely N-dealkylation sites (tertiary alicyclic amines) is 2. The average Bonchev–Trinajstić information content (AvgIpc) is 3.80. The fourth-order valence-electron chi connectivity index (χ4n) is 6.58. The van der Waals surface area contributed by atoms with Gasteiger partial charge < -0.3 is 18.9 Å². The molecule has 0 amide bonds. The van der Waals surface area contributed by atoms with Crippen LogP contribution >= 0.6 is 0 Å². The van der Waals surface area contributed by atoms with Gasteiger partial charge in [0.25, 0.3) is 0 Å². The summed E-state index contributed by atoms with van der Waals surface area (Å²) in [6, 6.07) is 16.2. The van der Waals surface area contributed by atoms with Crippen LogP contribution in [-0.4, -0.2) is 96.1 Å². The number of carbonyl (C=O) groups excluding carboxylic acids is 6. The van der Waals surface area contributed by atoms with Gasteiger partial charge in [0.1, 0.15) is 24.2 Å². The number of aryl methyl sites for hydroxylation is 2. The summed E-state index contributed by atoms with van der Waals surface area (Å²) in [5.74, 6) is -4.84. The molecular formula is C38H46N2O10. The van der Waals surface area contributed by atoms with E-state index in [0.29, 0.717) is 64.5 Å². The molecule has 0 bridgehead atoms. The van der Waals surface area contributed by atoms with Crippen LogP contribution in [0.2, 0.25) is 0 Å². The van der Waals surface area contributed by atoms with Crippen molar-refractivity contribution in [1.29, 1.82) is 0 Å². The second kappa shape index (κ2) is 19.5. The van der Waals surface area contributed by atoms with Crippen LogP contribution in [0.3, 0.4) is 0 Å². The number of hydrogen-bond acceptors (Lipinski definition) is 12. The van der Waals surface area contributed by atoms with E-state index >= 15 is 0 Å². The molecule has 50 heavy (non-hydrogen) atoms. The van der Waals surface area contributed by atoms with Crippen molar-refractivity contribution < 1.29 is 47.7 Å². The maximum atomic E-state index is 13.1. The van der Waals surface area contributed by atoms with E-state index in [-0.39, 0.29) is 13.2 Å². The van der Waals surface area contributed by atoms with Crippen molar-refractivity contribution in [3.8, 4) is 0 Å². The van der Waals surface area contributed by atoms with Crippen molar-refractivity contribution in [2.24, 2.45) is 0 Å². The van der Waals surface area contributed by atoms with Crippen molar-refractivity contribution in [3.63, 3.8) is 0 Å². The first kappa shape index (κ1) is 38.1. The Morgan fingerprint density at radius 1 is 0.640 bits per heavy atom. The fraction of sp³-hybridized carbons (Fsp3) is 0.474. The van der Waals surface area contributed by atoms with Crippen LogP contribution in [0.1, 0.15) is 63.5 Å². The molecule has 2 aliphatic rings. The lowest BCUT2D eigenvalue weighted by atomic mass is 10.0. The monoisotopic (exact) mass is 690 g/mol. The van der Waals surface area contributed by atoms with Crippen LogP contribution in [0.25, 0.3) is 0 Å². The summed E-state index contributed by atoms with van der Waals surface area (Å²) < 4.78 is 20.7. The summed E-state index contributed by atoms with van der Waals surface area (Å²) in [5.41, 5.74) is 2.07. The standard InChI is InChI=1S/C38H46N2O10/c1-3-47-35(43)31(21-19-27-13-7-5-8-14-27)39-25-11-17-29(39)37(45)49-33(41)23-24-34(42)50-38(46)30-18-12-26-40(30)32(36(44)48-4-2)22-20-28-15-9-6-10-16-28/h5-10,13-16,23-24,29-32H,3-4,11-12,17-22,25-26H2,1-2H3/b24-23-/t29-,30-,31-,32-/m0/s1. The zero-order valence-electron chi connectivity index (χ0n) is 28.7. The second-order valence-electron chi connectivity index (χ2n) is 12.2. The van der Waals surface area contributed by atoms with Crippen LogP contribution in [0.15, 0.2) is 72.8 Å². The summed E-state index contributed by atoms with van der Waals surface area (Å²) in [4.78, 5) is 80.5. The first-order chi connectivity index (χ1) is 24.2. The molecule has 0 radical (unpaired) electrons. The molecule has 12 nitrogen and oxygen atoms in total. The van der Waals surface area contributed by atoms with Gasteiger partial charge in [-0.05, 0) is 89.4 Å². The third kappa shape index (κ3) is 10.9. The maximum absolute atomic E-state index is 13.1. The predicted octanol–water partition coefficient (Wildman–Crippen LogP) is 3.74. The number of hydrogen-bond donors (Lipinski definition) is 0. The highest BCUT2D eigenvalue weighted by molar-refractivity contribution is 6.00. The summed E-state index contributed by atoms with van der Waals surface area (Å²) >= 11 is 0. The van der Waals surface area contributed by atoms with E-state index < -0.39 is 60.0 Å². The predicted molar refractivity (Wildman–Crippen MR) is 181 cm³/mol. The lowest BCUT2D eigenvalue weighted by Crippen LogP contribution is -2.49. The van der Waals surface area contributed by atoms with Gasteiger partial charge in [0, 0.05) is 12.2 Å². The second-order valence-corrected chi connectivity index (χ2v) is 12.2. The van der Waals surface area contributed by atoms with Gasteiger partial charge in [0.15, 0.2) is 0 Å². The molecule has 2 saturated heterocycles. The number of carbonyl (C=O) groups is 6. The van der Waals surface area contributed by atoms with Crippen LogP contribution in [0.5, 0.6) is 0 Å². The van der Waals surface area contributed by atoms with Gasteiger partial charge in [0.05, 0.1) is 13.2 Å². The smallest absolute Gasteiger partial charge is 0.338 e. The molecule has 0 spiro atoms. The summed E-state index contributed by atoms with van der Waals surface area (Å²) in [6.45, 7) is 4.68. The SMILES string of the molecule is CCOC(=O)[C@H](CCc1ccccc1)N1CCC[C@H]1C(=O)OC(=O)/C=C\C(=O)OC(=O)[C@@H]1CCCN1[C@@H](CCc1ccccc1)C(=O)OCC. The van der Waals surface area contributed by atoms with Crippen molar-refractivity contribution >= 4 is 35.8 Å². The Kier molecular flexibility index (Phi) is 14.9. The molecule has 4 atom stereocenters. The topological polar surface area (TPSA) is 146 Å². The number of rotatable bonds is 16. The highest BCUT2D eigenvalue weighted by atomic mass is 16.6. The Morgan fingerprint density at radius 2 is 1.02 bits per heavy atom. The Hall–Kier alpha value is -4.68. The first-order valence-corrected chi connectivity index (χ1v) is 17.3. The molecule has 0 saturated carbocycles. The minimum Gasteiger partial charge on any atom is -0.465 e. The molecule has 2 aromatic carbocycles. The maximum Gasteiger partial charge on any atom is 0.338 e. The van der Waals surface area contributed by atoms with E-state index in [9.17, 15) is 28.8 Å². The highest BCUT2D eigenvalue weighted by Gasteiger charge is 2.42. The molecule has 2 fully saturated rings. The van der Waals surface area contributed by atoms with Gasteiger partial charge >= 0.3 is 35.8 Å². The quantitative estimate of drug-likeness (QED) is 0.109. The van der Waals surface area contributed by atoms with Crippen LogP contribution in [0, 0.1) is 0 Å². The van der Waals surface area contributed by atoms with Crippen LogP contribution in [-0.2, 0) is 60.6 Å². The molecule has 2 heterocycles. The molecule has 2 aliphatic heterocycles. The first-order valence-electron chi connectivity index (χ1n) is 17.3. The van der Waals surface area contributed by atoms with E-state index in [1.54, 1.807) is 23.6 Å². The molecule has 4 rings (SSSR count). The molecule has 0 aromatic heterocycles. The van der Waals surface area contributed by atoms with Gasteiger partial charge in [-0.1, -0.05) is 60.7 Å². The average molecular weight is 691 g/mol. The molecule has 0 N–H and O–H groups in total. The normalized spacial score (nSPS) is 19.1. The minimum absolute atomic E-state index is 0.185. The zero-order valence-corrected chi connectivity index (χ0v) is 28.7. The molecule has 0 aliphatic carbocycles. The number of esters is 6. The van der Waals surface area contributed by atoms with Crippen LogP contribution in [0.4, 0.5) is 0 Å². The molecule has 2 aromatic rings. The summed E-state index contributed by atoms with van der Waals surface area (Å²) in [6.07, 6.45) is 5.41. The van der Waals surface area contributed by atoms with Crippen molar-refractivity contribution in [1.82, 2.24) is 9.80 Å². The van der Waals surface area contributed by atoms with E-state index in [1.165, 1.54) is 0 Å². The number of benzene rings is 2. The molecule has 12 heteroatoms. The third-order valence-electron chi connectivity index (χ3n) is 8.91. The van der Waals surface area contributed by atoms with E-state index in [2.05, 4.69) is 0 Å². The Balaban J connectivity index is 1.32. The van der Waals surface area contributed by atoms with Gasteiger partial charge in [0.2, 0.25) is 0 Å². The lowest BCUT2D eigenvalue weighted by Gasteiger charge is -2.30. The van der Waals surface area contributed by atoms with Gasteiger partial charge in [-0.25, -0.2) is 19.2 Å². The number of ether oxygens (including phenoxy) is 4. The summed E-state index contributed by atoms with van der Waals surface area (Å²) in [5, 5.41) is 0. The van der Waals surface area contributed by atoms with Crippen molar-refractivity contribution in [3.05, 3.63) is 83.9 Å². The van der Waals surface area contributed by atoms with E-state index in [0.717, 1.165) is 23.3 Å². The van der Waals surface area contributed by atoms with Gasteiger partial charge in [-0.2, -0.15) is 0 Å². The molecule has 0 unspecified atom stereocenters. The van der Waals surface area contributed by atoms with Gasteiger partial charge in [-0.3, -0.25) is 19.4 Å². The highest BCUT2D eigenvalue weighted by Crippen LogP contribution is 2.26. The van der Waals surface area contributed by atoms with E-state index in [1.807, 2.05) is 60.7 Å². The Morgan fingerprint density at radius 3 is 1.38 bits per heavy atom. The third-order valence-corrected chi connectivity index (χ3v) is 8.91. The van der Waals surface area contributed by atoms with Gasteiger partial charge in [-0.15, -0.1) is 0 Å². The molecule has 268 valence electrons. The number of nitrogens with zero attached hydrogens (tertiary/aromatic N) is 2. The van der Waals surface area contributed by atoms with Crippen LogP contribution < -0.4 is 0 Å². The van der Waals surface area contributed by atoms with Crippen molar-refractivity contribution in [2.75, 3.05) is 26.3 Å². The lowest BCUT2D eigenvalue weighted by molar-refractivity contribution is -0.165. The fourth-order valence-corrected chi connectivity index (χ4v) is 6.58. The minimum atomic E-state index is -1.12. The van der Waals surface area contributed by atoms with Crippen molar-refractivity contribution in [2.45, 2.75) is 89.4 Å².